The smallest absolute Gasteiger partial charge is 0.418 e. The molecule has 33 heavy (non-hydrogen) atoms. The first-order valence-electron chi connectivity index (χ1n) is 10.8. The van der Waals surface area contributed by atoms with Crippen LogP contribution in [0.3, 0.4) is 0 Å². The highest BCUT2D eigenvalue weighted by Crippen LogP contribution is 2.39. The number of hydrogen-bond acceptors (Lipinski definition) is 5. The Kier molecular flexibility index (Phi) is 6.32. The van der Waals surface area contributed by atoms with Gasteiger partial charge in [-0.1, -0.05) is 11.6 Å². The summed E-state index contributed by atoms with van der Waals surface area (Å²) >= 11 is 5.91. The molecule has 2 aromatic heterocycles. The molecule has 0 radical (unpaired) electrons. The van der Waals surface area contributed by atoms with Crippen LogP contribution in [0.2, 0.25) is 5.02 Å². The Morgan fingerprint density at radius 1 is 1.27 bits per heavy atom. The number of aromatic nitrogens is 3. The van der Waals surface area contributed by atoms with E-state index in [2.05, 4.69) is 15.3 Å². The summed E-state index contributed by atoms with van der Waals surface area (Å²) in [5.41, 5.74) is -1.21. The third-order valence-electron chi connectivity index (χ3n) is 5.91. The number of alkyl halides is 3. The number of pyridine rings is 1. The number of halogens is 4. The lowest BCUT2D eigenvalue weighted by atomic mass is 9.81. The van der Waals surface area contributed by atoms with E-state index in [9.17, 15) is 18.3 Å². The Labute approximate surface area is 194 Å². The zero-order valence-electron chi connectivity index (χ0n) is 18.5. The largest absolute Gasteiger partial charge is 0.492 e. The van der Waals surface area contributed by atoms with Crippen molar-refractivity contribution in [2.75, 3.05) is 6.61 Å². The Morgan fingerprint density at radius 2 is 2.03 bits per heavy atom. The summed E-state index contributed by atoms with van der Waals surface area (Å²) in [5, 5.41) is 15.1. The number of rotatable bonds is 5. The molecule has 3 heterocycles. The van der Waals surface area contributed by atoms with Crippen LogP contribution in [0, 0.1) is 0 Å². The number of piperidine rings is 1. The van der Waals surface area contributed by atoms with Gasteiger partial charge < -0.3 is 19.7 Å². The zero-order valence-corrected chi connectivity index (χ0v) is 19.3. The third-order valence-corrected chi connectivity index (χ3v) is 6.13. The van der Waals surface area contributed by atoms with Crippen LogP contribution in [0.5, 0.6) is 5.75 Å². The normalized spacial score (nSPS) is 23.9. The van der Waals surface area contributed by atoms with Crippen LogP contribution in [-0.4, -0.2) is 38.3 Å². The van der Waals surface area contributed by atoms with E-state index in [1.807, 2.05) is 6.92 Å². The van der Waals surface area contributed by atoms with Crippen molar-refractivity contribution in [2.45, 2.75) is 63.5 Å². The molecular formula is C23H26ClF3N4O2. The van der Waals surface area contributed by atoms with E-state index in [1.54, 1.807) is 26.0 Å². The number of aliphatic hydroxyl groups is 1. The highest BCUT2D eigenvalue weighted by molar-refractivity contribution is 6.30. The minimum absolute atomic E-state index is 0.0393. The van der Waals surface area contributed by atoms with Gasteiger partial charge in [0.1, 0.15) is 18.0 Å². The summed E-state index contributed by atoms with van der Waals surface area (Å²) < 4.78 is 48.8. The van der Waals surface area contributed by atoms with Crippen molar-refractivity contribution in [2.24, 2.45) is 0 Å². The molecule has 3 aromatic rings. The van der Waals surface area contributed by atoms with Crippen LogP contribution in [-0.2, 0) is 11.8 Å². The molecule has 3 atom stereocenters. The van der Waals surface area contributed by atoms with E-state index in [4.69, 9.17) is 16.3 Å². The van der Waals surface area contributed by atoms with Crippen molar-refractivity contribution < 1.29 is 23.0 Å². The molecule has 2 N–H and O–H groups in total. The molecule has 0 bridgehead atoms. The van der Waals surface area contributed by atoms with Crippen molar-refractivity contribution in [1.82, 2.24) is 19.9 Å². The average molecular weight is 483 g/mol. The molecule has 1 aliphatic heterocycles. The van der Waals surface area contributed by atoms with Crippen LogP contribution in [0.4, 0.5) is 13.2 Å². The minimum atomic E-state index is -4.55. The van der Waals surface area contributed by atoms with Gasteiger partial charge in [-0.05, 0) is 45.4 Å². The second-order valence-electron chi connectivity index (χ2n) is 8.96. The van der Waals surface area contributed by atoms with Crippen molar-refractivity contribution in [3.05, 3.63) is 53.1 Å². The molecule has 0 spiro atoms. The van der Waals surface area contributed by atoms with Gasteiger partial charge in [-0.2, -0.15) is 13.2 Å². The van der Waals surface area contributed by atoms with E-state index in [-0.39, 0.29) is 41.5 Å². The number of nitrogens with zero attached hydrogens (tertiary/aromatic N) is 3. The van der Waals surface area contributed by atoms with Gasteiger partial charge in [-0.3, -0.25) is 4.98 Å². The van der Waals surface area contributed by atoms with E-state index in [0.717, 1.165) is 6.07 Å². The summed E-state index contributed by atoms with van der Waals surface area (Å²) in [6, 6.07) is 5.37. The molecule has 0 aliphatic carbocycles. The van der Waals surface area contributed by atoms with Gasteiger partial charge in [-0.25, -0.2) is 4.98 Å². The lowest BCUT2D eigenvalue weighted by Crippen LogP contribution is -2.53. The van der Waals surface area contributed by atoms with Crippen molar-refractivity contribution in [3.63, 3.8) is 0 Å². The van der Waals surface area contributed by atoms with E-state index < -0.39 is 17.3 Å². The third kappa shape index (κ3) is 4.95. The SMILES string of the molecule is CC(C)n1cnc2cc(OC[C@@H]3C[C@](O)(c4ccc(Cl)cn4)C[C@H](C)N3)cc(C(F)(F)F)c21. The van der Waals surface area contributed by atoms with Crippen molar-refractivity contribution in [1.29, 1.82) is 0 Å². The zero-order chi connectivity index (χ0) is 24.0. The maximum atomic E-state index is 13.8. The summed E-state index contributed by atoms with van der Waals surface area (Å²) in [6.07, 6.45) is -0.922. The number of ether oxygens (including phenoxy) is 1. The Bertz CT molecular complexity index is 1130. The molecule has 1 aromatic carbocycles. The van der Waals surface area contributed by atoms with Gasteiger partial charge >= 0.3 is 6.18 Å². The van der Waals surface area contributed by atoms with Gasteiger partial charge in [0, 0.05) is 36.8 Å². The maximum Gasteiger partial charge on any atom is 0.418 e. The van der Waals surface area contributed by atoms with Gasteiger partial charge in [0.25, 0.3) is 0 Å². The quantitative estimate of drug-likeness (QED) is 0.530. The first kappa shape index (κ1) is 23.8. The number of imidazole rings is 1. The van der Waals surface area contributed by atoms with Crippen LogP contribution in [0.1, 0.15) is 50.9 Å². The topological polar surface area (TPSA) is 72.2 Å². The predicted octanol–water partition coefficient (Wildman–Crippen LogP) is 5.09. The van der Waals surface area contributed by atoms with Crippen molar-refractivity contribution >= 4 is 22.6 Å². The Balaban J connectivity index is 1.57. The minimum Gasteiger partial charge on any atom is -0.492 e. The maximum absolute atomic E-state index is 13.8. The molecule has 1 fully saturated rings. The highest BCUT2D eigenvalue weighted by atomic mass is 35.5. The van der Waals surface area contributed by atoms with Gasteiger partial charge in [-0.15, -0.1) is 0 Å². The Morgan fingerprint density at radius 3 is 2.67 bits per heavy atom. The molecule has 0 unspecified atom stereocenters. The van der Waals surface area contributed by atoms with Gasteiger partial charge in [0.15, 0.2) is 0 Å². The first-order valence-corrected chi connectivity index (χ1v) is 11.1. The number of fused-ring (bicyclic) bond motifs is 1. The van der Waals surface area contributed by atoms with Gasteiger partial charge in [0.2, 0.25) is 0 Å². The molecule has 10 heteroatoms. The highest BCUT2D eigenvalue weighted by Gasteiger charge is 2.40. The van der Waals surface area contributed by atoms with E-state index in [1.165, 1.54) is 23.2 Å². The fourth-order valence-electron chi connectivity index (χ4n) is 4.52. The number of benzene rings is 1. The van der Waals surface area contributed by atoms with Crippen LogP contribution >= 0.6 is 11.6 Å². The fourth-order valence-corrected chi connectivity index (χ4v) is 4.63. The molecule has 0 amide bonds. The lowest BCUT2D eigenvalue weighted by molar-refractivity contribution is -0.136. The summed E-state index contributed by atoms with van der Waals surface area (Å²) in [4.78, 5) is 8.42. The number of hydrogen-bond donors (Lipinski definition) is 2. The second-order valence-corrected chi connectivity index (χ2v) is 9.40. The molecule has 1 aliphatic rings. The Hall–Kier alpha value is -2.36. The van der Waals surface area contributed by atoms with Crippen LogP contribution in [0.15, 0.2) is 36.8 Å². The fraction of sp³-hybridized carbons (Fsp3) is 0.478. The van der Waals surface area contributed by atoms with Crippen molar-refractivity contribution in [3.8, 4) is 5.75 Å². The van der Waals surface area contributed by atoms with Crippen LogP contribution in [0.25, 0.3) is 11.0 Å². The van der Waals surface area contributed by atoms with E-state index in [0.29, 0.717) is 23.6 Å². The second kappa shape index (κ2) is 8.77. The predicted molar refractivity (Wildman–Crippen MR) is 119 cm³/mol. The number of nitrogens with one attached hydrogen (secondary N) is 1. The molecule has 4 rings (SSSR count). The molecular weight excluding hydrogens is 457 g/mol. The standard InChI is InChI=1S/C23H26ClF3N4O2/c1-13(2)31-12-29-19-7-17(6-18(21(19)31)23(25,26)27)33-11-16-9-22(32,8-14(3)30-16)20-5-4-15(24)10-28-20/h4-7,10,12-14,16,30,32H,8-9,11H2,1-3H3/t14-,16-,22-/m0/s1. The molecule has 1 saturated heterocycles. The summed E-state index contributed by atoms with van der Waals surface area (Å²) in [7, 11) is 0. The molecule has 6 nitrogen and oxygen atoms in total. The molecule has 0 saturated carbocycles. The first-order chi connectivity index (χ1) is 15.5. The summed E-state index contributed by atoms with van der Waals surface area (Å²) in [6.45, 7) is 5.61. The average Bonchev–Trinajstić information content (AvgIpc) is 3.15. The summed E-state index contributed by atoms with van der Waals surface area (Å²) in [5.74, 6) is 0.0806. The monoisotopic (exact) mass is 482 g/mol. The van der Waals surface area contributed by atoms with E-state index >= 15 is 0 Å². The van der Waals surface area contributed by atoms with Crippen LogP contribution < -0.4 is 10.1 Å². The lowest BCUT2D eigenvalue weighted by Gasteiger charge is -2.40. The van der Waals surface area contributed by atoms with Gasteiger partial charge in [0.05, 0.1) is 33.6 Å². The molecule has 178 valence electrons.